The summed E-state index contributed by atoms with van der Waals surface area (Å²) in [5, 5.41) is 2.49. The molecule has 1 saturated heterocycles. The molecule has 0 bridgehead atoms. The van der Waals surface area contributed by atoms with Gasteiger partial charge >= 0.3 is 0 Å². The Morgan fingerprint density at radius 3 is 2.38 bits per heavy atom. The molecular formula is C18H27N3O4S. The Bertz CT molecular complexity index is 741. The fraction of sp³-hybridized carbons (Fsp3) is 0.556. The molecule has 7 nitrogen and oxygen atoms in total. The van der Waals surface area contributed by atoms with Crippen LogP contribution < -0.4 is 5.32 Å². The summed E-state index contributed by atoms with van der Waals surface area (Å²) in [6, 6.07) is 6.09. The van der Waals surface area contributed by atoms with E-state index in [1.54, 1.807) is 19.1 Å². The number of carbonyl (C=O) groups is 2. The number of sulfonamides is 1. The fourth-order valence-corrected chi connectivity index (χ4v) is 4.55. The fourth-order valence-electron chi connectivity index (χ4n) is 2.98. The van der Waals surface area contributed by atoms with Crippen molar-refractivity contribution in [3.8, 4) is 0 Å². The minimum Gasteiger partial charge on any atom is -0.358 e. The number of nitrogens with zero attached hydrogens (tertiary/aromatic N) is 2. The summed E-state index contributed by atoms with van der Waals surface area (Å²) in [6.07, 6.45) is 3.78. The van der Waals surface area contributed by atoms with Gasteiger partial charge in [0, 0.05) is 32.2 Å². The summed E-state index contributed by atoms with van der Waals surface area (Å²) in [6.45, 7) is 3.10. The van der Waals surface area contributed by atoms with Crippen molar-refractivity contribution in [2.24, 2.45) is 0 Å². The third-order valence-corrected chi connectivity index (χ3v) is 6.46. The zero-order valence-corrected chi connectivity index (χ0v) is 16.2. The van der Waals surface area contributed by atoms with E-state index in [4.69, 9.17) is 0 Å². The predicted molar refractivity (Wildman–Crippen MR) is 99.3 cm³/mol. The van der Waals surface area contributed by atoms with Crippen LogP contribution in [0.4, 0.5) is 0 Å². The van der Waals surface area contributed by atoms with Crippen molar-refractivity contribution < 1.29 is 18.0 Å². The van der Waals surface area contributed by atoms with Crippen LogP contribution in [0.5, 0.6) is 0 Å². The number of nitrogens with one attached hydrogen (secondary N) is 1. The highest BCUT2D eigenvalue weighted by Gasteiger charge is 2.26. The van der Waals surface area contributed by atoms with E-state index in [1.807, 2.05) is 0 Å². The van der Waals surface area contributed by atoms with Gasteiger partial charge in [0.25, 0.3) is 5.91 Å². The quantitative estimate of drug-likeness (QED) is 0.808. The lowest BCUT2D eigenvalue weighted by molar-refractivity contribution is -0.121. The Morgan fingerprint density at radius 2 is 1.81 bits per heavy atom. The van der Waals surface area contributed by atoms with Crippen molar-refractivity contribution in [3.63, 3.8) is 0 Å². The Kier molecular flexibility index (Phi) is 7.16. The number of hydrogen-bond donors (Lipinski definition) is 1. The summed E-state index contributed by atoms with van der Waals surface area (Å²) in [4.78, 5) is 25.8. The Morgan fingerprint density at radius 1 is 1.15 bits per heavy atom. The highest BCUT2D eigenvalue weighted by molar-refractivity contribution is 7.89. The minimum absolute atomic E-state index is 0.0606. The second-order valence-corrected chi connectivity index (χ2v) is 8.28. The summed E-state index contributed by atoms with van der Waals surface area (Å²) >= 11 is 0. The van der Waals surface area contributed by atoms with Crippen molar-refractivity contribution in [1.82, 2.24) is 14.5 Å². The van der Waals surface area contributed by atoms with Crippen LogP contribution in [0.1, 0.15) is 43.0 Å². The van der Waals surface area contributed by atoms with Crippen molar-refractivity contribution in [3.05, 3.63) is 29.8 Å². The van der Waals surface area contributed by atoms with Gasteiger partial charge < -0.3 is 10.2 Å². The van der Waals surface area contributed by atoms with E-state index in [0.717, 1.165) is 25.7 Å². The van der Waals surface area contributed by atoms with Crippen molar-refractivity contribution >= 4 is 21.8 Å². The van der Waals surface area contributed by atoms with Gasteiger partial charge in [0.05, 0.1) is 11.4 Å². The van der Waals surface area contributed by atoms with Crippen LogP contribution in [0.25, 0.3) is 0 Å². The van der Waals surface area contributed by atoms with Crippen LogP contribution >= 0.6 is 0 Å². The highest BCUT2D eigenvalue weighted by Crippen LogP contribution is 2.21. The first-order valence-corrected chi connectivity index (χ1v) is 10.4. The number of amides is 2. The lowest BCUT2D eigenvalue weighted by Crippen LogP contribution is -2.39. The number of benzene rings is 1. The molecule has 0 atom stereocenters. The Balaban J connectivity index is 2.25. The number of carbonyl (C=O) groups excluding carboxylic acids is 2. The van der Waals surface area contributed by atoms with E-state index in [1.165, 1.54) is 28.4 Å². The normalized spacial score (nSPS) is 15.9. The van der Waals surface area contributed by atoms with Gasteiger partial charge in [-0.25, -0.2) is 8.42 Å². The second kappa shape index (κ2) is 9.14. The third kappa shape index (κ3) is 4.82. The second-order valence-electron chi connectivity index (χ2n) is 6.34. The predicted octanol–water partition coefficient (Wildman–Crippen LogP) is 1.46. The smallest absolute Gasteiger partial charge is 0.254 e. The zero-order chi connectivity index (χ0) is 19.2. The molecule has 144 valence electrons. The number of rotatable bonds is 6. The SMILES string of the molecule is CCN(CC(=O)NC)C(=O)c1cccc(S(=O)(=O)N2CCCCCC2)c1. The van der Waals surface area contributed by atoms with E-state index >= 15 is 0 Å². The Labute approximate surface area is 155 Å². The molecule has 1 heterocycles. The average molecular weight is 381 g/mol. The van der Waals surface area contributed by atoms with Crippen LogP contribution in [-0.4, -0.2) is 62.7 Å². The van der Waals surface area contributed by atoms with Crippen LogP contribution in [0.3, 0.4) is 0 Å². The number of hydrogen-bond acceptors (Lipinski definition) is 4. The minimum atomic E-state index is -3.62. The first-order valence-electron chi connectivity index (χ1n) is 9.00. The molecule has 26 heavy (non-hydrogen) atoms. The maximum absolute atomic E-state index is 12.9. The summed E-state index contributed by atoms with van der Waals surface area (Å²) in [7, 11) is -2.11. The molecule has 0 spiro atoms. The molecule has 0 unspecified atom stereocenters. The van der Waals surface area contributed by atoms with Crippen LogP contribution in [0.2, 0.25) is 0 Å². The summed E-state index contributed by atoms with van der Waals surface area (Å²) < 4.78 is 27.3. The molecule has 1 aliphatic rings. The summed E-state index contributed by atoms with van der Waals surface area (Å²) in [5.41, 5.74) is 0.270. The lowest BCUT2D eigenvalue weighted by atomic mass is 10.2. The maximum Gasteiger partial charge on any atom is 0.254 e. The highest BCUT2D eigenvalue weighted by atomic mass is 32.2. The zero-order valence-electron chi connectivity index (χ0n) is 15.4. The summed E-state index contributed by atoms with van der Waals surface area (Å²) in [5.74, 6) is -0.627. The molecule has 0 aliphatic carbocycles. The van der Waals surface area contributed by atoms with E-state index in [-0.39, 0.29) is 28.8 Å². The van der Waals surface area contributed by atoms with Gasteiger partial charge in [-0.2, -0.15) is 4.31 Å². The molecule has 1 aromatic rings. The Hall–Kier alpha value is -1.93. The first kappa shape index (κ1) is 20.4. The molecule has 0 radical (unpaired) electrons. The standard InChI is InChI=1S/C18H27N3O4S/c1-3-20(14-17(22)19-2)18(23)15-9-8-10-16(13-15)26(24,25)21-11-6-4-5-7-12-21/h8-10,13H,3-7,11-12,14H2,1-2H3,(H,19,22). The monoisotopic (exact) mass is 381 g/mol. The van der Waals surface area contributed by atoms with Gasteiger partial charge in [-0.05, 0) is 38.0 Å². The van der Waals surface area contributed by atoms with Crippen molar-refractivity contribution in [1.29, 1.82) is 0 Å². The largest absolute Gasteiger partial charge is 0.358 e. The van der Waals surface area contributed by atoms with Crippen LogP contribution in [0.15, 0.2) is 29.2 Å². The van der Waals surface area contributed by atoms with Crippen molar-refractivity contribution in [2.45, 2.75) is 37.5 Å². The molecule has 2 amide bonds. The van der Waals surface area contributed by atoms with E-state index in [2.05, 4.69) is 5.32 Å². The topological polar surface area (TPSA) is 86.8 Å². The lowest BCUT2D eigenvalue weighted by Gasteiger charge is -2.22. The van der Waals surface area contributed by atoms with Gasteiger partial charge in [-0.15, -0.1) is 0 Å². The molecule has 1 N–H and O–H groups in total. The van der Waals surface area contributed by atoms with Crippen LogP contribution in [-0.2, 0) is 14.8 Å². The van der Waals surface area contributed by atoms with E-state index < -0.39 is 10.0 Å². The molecule has 2 rings (SSSR count). The molecule has 0 aromatic heterocycles. The van der Waals surface area contributed by atoms with Gasteiger partial charge in [0.15, 0.2) is 0 Å². The molecule has 1 aromatic carbocycles. The molecule has 1 aliphatic heterocycles. The van der Waals surface area contributed by atoms with Gasteiger partial charge in [0.1, 0.15) is 0 Å². The van der Waals surface area contributed by atoms with E-state index in [9.17, 15) is 18.0 Å². The maximum atomic E-state index is 12.9. The average Bonchev–Trinajstić information content (AvgIpc) is 2.95. The molecule has 1 fully saturated rings. The molecule has 0 saturated carbocycles. The molecule has 8 heteroatoms. The van der Waals surface area contributed by atoms with Gasteiger partial charge in [-0.1, -0.05) is 18.9 Å². The third-order valence-electron chi connectivity index (χ3n) is 4.57. The van der Waals surface area contributed by atoms with Crippen molar-refractivity contribution in [2.75, 3.05) is 33.2 Å². The van der Waals surface area contributed by atoms with Crippen LogP contribution in [0, 0.1) is 0 Å². The number of likely N-dealkylation sites (N-methyl/N-ethyl adjacent to an activating group) is 2. The van der Waals surface area contributed by atoms with E-state index in [0.29, 0.717) is 19.6 Å². The first-order chi connectivity index (χ1) is 12.4. The van der Waals surface area contributed by atoms with Gasteiger partial charge in [-0.3, -0.25) is 9.59 Å². The molecular weight excluding hydrogens is 354 g/mol. The van der Waals surface area contributed by atoms with Gasteiger partial charge in [0.2, 0.25) is 15.9 Å².